The van der Waals surface area contributed by atoms with Gasteiger partial charge in [0.1, 0.15) is 0 Å². The van der Waals surface area contributed by atoms with Gasteiger partial charge in [-0.25, -0.2) is 0 Å². The molecule has 0 aromatic carbocycles. The van der Waals surface area contributed by atoms with Gasteiger partial charge >= 0.3 is 6.94 Å². The standard InChI is InChI=1S/C4H10Cl2OSi/c1-3-7-8(5,6)4-2/h3-4H2,1-2H3. The molecule has 0 saturated heterocycles. The summed E-state index contributed by atoms with van der Waals surface area (Å²) in [6, 6.07) is 0.754. The van der Waals surface area contributed by atoms with E-state index < -0.39 is 6.94 Å². The van der Waals surface area contributed by atoms with Gasteiger partial charge in [0.25, 0.3) is 0 Å². The van der Waals surface area contributed by atoms with Crippen molar-refractivity contribution in [3.05, 3.63) is 0 Å². The van der Waals surface area contributed by atoms with Crippen molar-refractivity contribution in [2.24, 2.45) is 0 Å². The molecule has 8 heavy (non-hydrogen) atoms. The van der Waals surface area contributed by atoms with Crippen LogP contribution in [0.5, 0.6) is 0 Å². The van der Waals surface area contributed by atoms with Crippen molar-refractivity contribution >= 4 is 29.1 Å². The van der Waals surface area contributed by atoms with E-state index in [0.717, 1.165) is 6.04 Å². The second-order valence-corrected chi connectivity index (χ2v) is 7.94. The van der Waals surface area contributed by atoms with Crippen LogP contribution in [0.4, 0.5) is 0 Å². The highest BCUT2D eigenvalue weighted by Crippen LogP contribution is 2.20. The highest BCUT2D eigenvalue weighted by Gasteiger charge is 2.26. The minimum atomic E-state index is -2.23. The first kappa shape index (κ1) is 8.76. The third kappa shape index (κ3) is 3.72. The molecule has 0 bridgehead atoms. The fourth-order valence-corrected chi connectivity index (χ4v) is 1.59. The molecule has 0 N–H and O–H groups in total. The predicted molar refractivity (Wildman–Crippen MR) is 39.6 cm³/mol. The van der Waals surface area contributed by atoms with Gasteiger partial charge in [0.05, 0.1) is 0 Å². The lowest BCUT2D eigenvalue weighted by Crippen LogP contribution is -2.22. The Labute approximate surface area is 60.5 Å². The second kappa shape index (κ2) is 3.72. The van der Waals surface area contributed by atoms with E-state index in [0.29, 0.717) is 6.61 Å². The highest BCUT2D eigenvalue weighted by atomic mass is 35.7. The van der Waals surface area contributed by atoms with Crippen LogP contribution in [0, 0.1) is 0 Å². The van der Waals surface area contributed by atoms with Crippen molar-refractivity contribution in [2.45, 2.75) is 19.9 Å². The Balaban J connectivity index is 3.37. The Morgan fingerprint density at radius 3 is 2.00 bits per heavy atom. The molecular formula is C4H10Cl2OSi. The number of hydrogen-bond acceptors (Lipinski definition) is 1. The monoisotopic (exact) mass is 172 g/mol. The highest BCUT2D eigenvalue weighted by molar-refractivity contribution is 7.42. The fraction of sp³-hybridized carbons (Fsp3) is 1.00. The largest absolute Gasteiger partial charge is 0.393 e. The number of rotatable bonds is 3. The van der Waals surface area contributed by atoms with E-state index >= 15 is 0 Å². The van der Waals surface area contributed by atoms with E-state index in [1.807, 2.05) is 13.8 Å². The van der Waals surface area contributed by atoms with Crippen LogP contribution in [-0.4, -0.2) is 13.5 Å². The molecule has 0 aromatic heterocycles. The average Bonchev–Trinajstić information content (AvgIpc) is 1.67. The fourth-order valence-electron chi connectivity index (χ4n) is 0.313. The lowest BCUT2D eigenvalue weighted by Gasteiger charge is -2.11. The summed E-state index contributed by atoms with van der Waals surface area (Å²) < 4.78 is 5.05. The van der Waals surface area contributed by atoms with Crippen LogP contribution in [0.3, 0.4) is 0 Å². The lowest BCUT2D eigenvalue weighted by molar-refractivity contribution is 0.349. The molecule has 0 radical (unpaired) electrons. The van der Waals surface area contributed by atoms with Crippen LogP contribution in [0.15, 0.2) is 0 Å². The van der Waals surface area contributed by atoms with Crippen LogP contribution in [0.25, 0.3) is 0 Å². The van der Waals surface area contributed by atoms with Crippen molar-refractivity contribution in [3.63, 3.8) is 0 Å². The Morgan fingerprint density at radius 2 is 1.88 bits per heavy atom. The van der Waals surface area contributed by atoms with Crippen molar-refractivity contribution in [2.75, 3.05) is 6.61 Å². The zero-order valence-corrected chi connectivity index (χ0v) is 7.59. The first-order chi connectivity index (χ1) is 3.62. The molecule has 0 atom stereocenters. The van der Waals surface area contributed by atoms with Crippen LogP contribution < -0.4 is 0 Å². The van der Waals surface area contributed by atoms with E-state index in [-0.39, 0.29) is 0 Å². The summed E-state index contributed by atoms with van der Waals surface area (Å²) in [7, 11) is 0. The van der Waals surface area contributed by atoms with Crippen molar-refractivity contribution < 1.29 is 4.43 Å². The Kier molecular flexibility index (Phi) is 4.07. The van der Waals surface area contributed by atoms with E-state index in [9.17, 15) is 0 Å². The Hall–Kier alpha value is 0.757. The topological polar surface area (TPSA) is 9.23 Å². The van der Waals surface area contributed by atoms with Crippen LogP contribution in [0.1, 0.15) is 13.8 Å². The van der Waals surface area contributed by atoms with Crippen molar-refractivity contribution in [1.82, 2.24) is 0 Å². The van der Waals surface area contributed by atoms with Crippen LogP contribution >= 0.6 is 22.2 Å². The molecule has 0 unspecified atom stereocenters. The summed E-state index contributed by atoms with van der Waals surface area (Å²) >= 11 is 11.4. The maximum Gasteiger partial charge on any atom is 0.389 e. The molecule has 0 spiro atoms. The quantitative estimate of drug-likeness (QED) is 0.470. The molecule has 1 nitrogen and oxygen atoms in total. The normalized spacial score (nSPS) is 12.0. The number of halogens is 2. The Bertz CT molecular complexity index is 67.1. The lowest BCUT2D eigenvalue weighted by atomic mass is 10.9. The molecular weight excluding hydrogens is 163 g/mol. The summed E-state index contributed by atoms with van der Waals surface area (Å²) in [5.41, 5.74) is 0. The third-order valence-corrected chi connectivity index (χ3v) is 4.56. The smallest absolute Gasteiger partial charge is 0.389 e. The summed E-state index contributed by atoms with van der Waals surface area (Å²) in [4.78, 5) is 0. The van der Waals surface area contributed by atoms with Crippen LogP contribution in [0.2, 0.25) is 6.04 Å². The zero-order chi connectivity index (χ0) is 6.62. The molecule has 0 aliphatic rings. The van der Waals surface area contributed by atoms with Gasteiger partial charge in [-0.2, -0.15) is 0 Å². The maximum absolute atomic E-state index is 5.70. The van der Waals surface area contributed by atoms with E-state index in [1.54, 1.807) is 0 Å². The predicted octanol–water partition coefficient (Wildman–Crippen LogP) is 2.46. The molecule has 0 heterocycles. The van der Waals surface area contributed by atoms with Crippen molar-refractivity contribution in [1.29, 1.82) is 0 Å². The van der Waals surface area contributed by atoms with Crippen LogP contribution in [-0.2, 0) is 4.43 Å². The number of hydrogen-bond donors (Lipinski definition) is 0. The molecule has 0 aromatic rings. The van der Waals surface area contributed by atoms with Gasteiger partial charge in [-0.3, -0.25) is 0 Å². The minimum Gasteiger partial charge on any atom is -0.393 e. The molecule has 0 rings (SSSR count). The van der Waals surface area contributed by atoms with E-state index in [1.165, 1.54) is 0 Å². The molecule has 0 fully saturated rings. The summed E-state index contributed by atoms with van der Waals surface area (Å²) in [5.74, 6) is 0. The first-order valence-corrected chi connectivity index (χ1v) is 6.78. The van der Waals surface area contributed by atoms with Gasteiger partial charge in [-0.1, -0.05) is 6.92 Å². The molecule has 0 amide bonds. The van der Waals surface area contributed by atoms with E-state index in [4.69, 9.17) is 26.6 Å². The van der Waals surface area contributed by atoms with Gasteiger partial charge in [0.15, 0.2) is 0 Å². The average molecular weight is 173 g/mol. The maximum atomic E-state index is 5.70. The first-order valence-electron chi connectivity index (χ1n) is 2.64. The molecule has 0 saturated carbocycles. The third-order valence-electron chi connectivity index (χ3n) is 0.767. The Morgan fingerprint density at radius 1 is 1.38 bits per heavy atom. The summed E-state index contributed by atoms with van der Waals surface area (Å²) in [6.07, 6.45) is 0. The SMILES string of the molecule is CCO[Si](Cl)(Cl)CC. The molecule has 50 valence electrons. The molecule has 0 aliphatic carbocycles. The van der Waals surface area contributed by atoms with E-state index in [2.05, 4.69) is 0 Å². The van der Waals surface area contributed by atoms with Crippen molar-refractivity contribution in [3.8, 4) is 0 Å². The molecule has 4 heteroatoms. The zero-order valence-electron chi connectivity index (χ0n) is 5.08. The van der Waals surface area contributed by atoms with Gasteiger partial charge in [-0.05, 0) is 13.0 Å². The summed E-state index contributed by atoms with van der Waals surface area (Å²) in [5, 5.41) is 0. The molecule has 0 aliphatic heterocycles. The van der Waals surface area contributed by atoms with Gasteiger partial charge < -0.3 is 4.43 Å². The van der Waals surface area contributed by atoms with Gasteiger partial charge in [-0.15, -0.1) is 22.2 Å². The summed E-state index contributed by atoms with van der Waals surface area (Å²) in [6.45, 7) is 2.21. The second-order valence-electron chi connectivity index (χ2n) is 1.42. The van der Waals surface area contributed by atoms with Gasteiger partial charge in [0.2, 0.25) is 0 Å². The van der Waals surface area contributed by atoms with Gasteiger partial charge in [0, 0.05) is 6.61 Å². The minimum absolute atomic E-state index is 0.618.